The van der Waals surface area contributed by atoms with Gasteiger partial charge < -0.3 is 20.2 Å². The molecule has 2 atom stereocenters. The number of likely N-dealkylation sites (tertiary alicyclic amines) is 1. The van der Waals surface area contributed by atoms with Crippen molar-refractivity contribution in [3.05, 3.63) is 24.2 Å². The zero-order valence-corrected chi connectivity index (χ0v) is 14.0. The number of urea groups is 1. The molecule has 3 N–H and O–H groups in total. The quantitative estimate of drug-likeness (QED) is 0.686. The molecular formula is C17H29N3O3. The van der Waals surface area contributed by atoms with Crippen molar-refractivity contribution in [2.24, 2.45) is 0 Å². The van der Waals surface area contributed by atoms with Gasteiger partial charge in [0, 0.05) is 12.6 Å². The van der Waals surface area contributed by atoms with E-state index in [1.807, 2.05) is 0 Å². The molecule has 0 aromatic carbocycles. The summed E-state index contributed by atoms with van der Waals surface area (Å²) in [6, 6.07) is 3.59. The molecule has 130 valence electrons. The van der Waals surface area contributed by atoms with Crippen LogP contribution in [0.5, 0.6) is 0 Å². The van der Waals surface area contributed by atoms with Crippen LogP contribution in [0.15, 0.2) is 22.8 Å². The third kappa shape index (κ3) is 5.88. The van der Waals surface area contributed by atoms with E-state index in [0.717, 1.165) is 19.5 Å². The normalized spacial score (nSPS) is 20.2. The molecule has 0 saturated carbocycles. The second-order valence-corrected chi connectivity index (χ2v) is 6.16. The van der Waals surface area contributed by atoms with Crippen molar-refractivity contribution in [3.8, 4) is 0 Å². The predicted octanol–water partition coefficient (Wildman–Crippen LogP) is 2.27. The molecule has 23 heavy (non-hydrogen) atoms. The van der Waals surface area contributed by atoms with Gasteiger partial charge in [-0.2, -0.15) is 0 Å². The molecule has 0 bridgehead atoms. The summed E-state index contributed by atoms with van der Waals surface area (Å²) in [5.74, 6) is 0.461. The fourth-order valence-corrected chi connectivity index (χ4v) is 2.99. The van der Waals surface area contributed by atoms with Crippen LogP contribution in [-0.2, 0) is 0 Å². The first-order valence-electron chi connectivity index (χ1n) is 8.68. The number of hydrogen-bond donors (Lipinski definition) is 3. The maximum Gasteiger partial charge on any atom is 0.314 e. The molecule has 2 unspecified atom stereocenters. The topological polar surface area (TPSA) is 77.7 Å². The van der Waals surface area contributed by atoms with Crippen molar-refractivity contribution in [1.82, 2.24) is 15.5 Å². The minimum absolute atomic E-state index is 0.142. The van der Waals surface area contributed by atoms with Crippen LogP contribution in [0.2, 0.25) is 0 Å². The third-order valence-electron chi connectivity index (χ3n) is 4.37. The Balaban J connectivity index is 1.68. The van der Waals surface area contributed by atoms with Gasteiger partial charge in [0.15, 0.2) is 0 Å². The highest BCUT2D eigenvalue weighted by Gasteiger charge is 2.22. The second kappa shape index (κ2) is 9.57. The van der Waals surface area contributed by atoms with Crippen LogP contribution in [-0.4, -0.2) is 48.3 Å². The summed E-state index contributed by atoms with van der Waals surface area (Å²) in [5.41, 5.74) is 0. The van der Waals surface area contributed by atoms with Gasteiger partial charge in [0.25, 0.3) is 0 Å². The van der Waals surface area contributed by atoms with Crippen molar-refractivity contribution in [2.75, 3.05) is 26.2 Å². The van der Waals surface area contributed by atoms with Gasteiger partial charge in [-0.15, -0.1) is 0 Å². The van der Waals surface area contributed by atoms with Crippen molar-refractivity contribution >= 4 is 6.03 Å². The second-order valence-electron chi connectivity index (χ2n) is 6.16. The molecule has 6 heteroatoms. The lowest BCUT2D eigenvalue weighted by molar-refractivity contribution is 0.139. The van der Waals surface area contributed by atoms with Gasteiger partial charge in [-0.3, -0.25) is 4.90 Å². The lowest BCUT2D eigenvalue weighted by Crippen LogP contribution is -2.49. The summed E-state index contributed by atoms with van der Waals surface area (Å²) in [7, 11) is 0. The molecule has 0 aliphatic carbocycles. The number of amides is 2. The Morgan fingerprint density at radius 2 is 2.35 bits per heavy atom. The first-order valence-corrected chi connectivity index (χ1v) is 8.68. The zero-order chi connectivity index (χ0) is 16.5. The molecule has 2 amide bonds. The first-order chi connectivity index (χ1) is 11.2. The van der Waals surface area contributed by atoms with E-state index in [1.165, 1.54) is 31.9 Å². The Kier molecular flexibility index (Phi) is 7.42. The van der Waals surface area contributed by atoms with Crippen molar-refractivity contribution < 1.29 is 14.3 Å². The van der Waals surface area contributed by atoms with Crippen LogP contribution in [0.1, 0.15) is 50.9 Å². The van der Waals surface area contributed by atoms with Crippen molar-refractivity contribution in [1.29, 1.82) is 0 Å². The number of furan rings is 1. The monoisotopic (exact) mass is 323 g/mol. The van der Waals surface area contributed by atoms with Crippen molar-refractivity contribution in [3.63, 3.8) is 0 Å². The van der Waals surface area contributed by atoms with Crippen LogP contribution in [0.4, 0.5) is 4.79 Å². The highest BCUT2D eigenvalue weighted by molar-refractivity contribution is 5.73. The Morgan fingerprint density at radius 1 is 1.48 bits per heavy atom. The Bertz CT molecular complexity index is 450. The summed E-state index contributed by atoms with van der Waals surface area (Å²) < 4.78 is 5.11. The highest BCUT2D eigenvalue weighted by atomic mass is 16.4. The molecule has 2 rings (SSSR count). The van der Waals surface area contributed by atoms with Gasteiger partial charge in [-0.25, -0.2) is 4.79 Å². The van der Waals surface area contributed by atoms with Gasteiger partial charge in [0.05, 0.1) is 12.8 Å². The first kappa shape index (κ1) is 17.8. The highest BCUT2D eigenvalue weighted by Crippen LogP contribution is 2.17. The number of carbonyl (C=O) groups is 1. The molecule has 1 fully saturated rings. The molecule has 0 spiro atoms. The third-order valence-corrected chi connectivity index (χ3v) is 4.37. The maximum absolute atomic E-state index is 11.9. The zero-order valence-electron chi connectivity index (χ0n) is 14.0. The van der Waals surface area contributed by atoms with Gasteiger partial charge in [0.2, 0.25) is 0 Å². The van der Waals surface area contributed by atoms with Gasteiger partial charge in [0.1, 0.15) is 11.9 Å². The van der Waals surface area contributed by atoms with Crippen LogP contribution in [0, 0.1) is 0 Å². The van der Waals surface area contributed by atoms with Gasteiger partial charge in [-0.1, -0.05) is 19.8 Å². The molecule has 0 radical (unpaired) electrons. The van der Waals surface area contributed by atoms with E-state index in [0.29, 0.717) is 18.3 Å². The fourth-order valence-electron chi connectivity index (χ4n) is 2.99. The Hall–Kier alpha value is -1.53. The summed E-state index contributed by atoms with van der Waals surface area (Å²) in [6.07, 6.45) is 6.72. The molecule has 6 nitrogen and oxygen atoms in total. The van der Waals surface area contributed by atoms with E-state index in [4.69, 9.17) is 4.42 Å². The molecule has 2 heterocycles. The number of nitrogens with one attached hydrogen (secondary N) is 2. The van der Waals surface area contributed by atoms with Gasteiger partial charge >= 0.3 is 6.03 Å². The lowest BCUT2D eigenvalue weighted by atomic mass is 10.0. The van der Waals surface area contributed by atoms with Crippen LogP contribution < -0.4 is 10.6 Å². The van der Waals surface area contributed by atoms with Crippen LogP contribution in [0.25, 0.3) is 0 Å². The average Bonchev–Trinajstić information content (AvgIpc) is 3.11. The summed E-state index contributed by atoms with van der Waals surface area (Å²) in [4.78, 5) is 14.4. The van der Waals surface area contributed by atoms with E-state index >= 15 is 0 Å². The Labute approximate surface area is 138 Å². The van der Waals surface area contributed by atoms with E-state index in [2.05, 4.69) is 22.5 Å². The SMILES string of the molecule is CCCCN1CCCCC1CNC(=O)NCC(O)c1ccco1. The molecule has 1 saturated heterocycles. The number of carbonyl (C=O) groups excluding carboxylic acids is 1. The summed E-state index contributed by atoms with van der Waals surface area (Å²) in [5, 5.41) is 15.5. The number of aliphatic hydroxyl groups excluding tert-OH is 1. The number of aliphatic hydroxyl groups is 1. The number of rotatable bonds is 8. The van der Waals surface area contributed by atoms with Crippen molar-refractivity contribution in [2.45, 2.75) is 51.2 Å². The molecule has 1 aliphatic heterocycles. The number of hydrogen-bond acceptors (Lipinski definition) is 4. The molecule has 1 aliphatic rings. The maximum atomic E-state index is 11.9. The van der Waals surface area contributed by atoms with E-state index in [-0.39, 0.29) is 12.6 Å². The number of piperidine rings is 1. The standard InChI is InChI=1S/C17H29N3O3/c1-2-3-9-20-10-5-4-7-14(20)12-18-17(22)19-13-15(21)16-8-6-11-23-16/h6,8,11,14-15,21H,2-5,7,9-10,12-13H2,1H3,(H2,18,19,22). The molecule has 1 aromatic rings. The number of unbranched alkanes of at least 4 members (excludes halogenated alkanes) is 1. The molecular weight excluding hydrogens is 294 g/mol. The van der Waals surface area contributed by atoms with E-state index in [9.17, 15) is 9.90 Å². The van der Waals surface area contributed by atoms with Gasteiger partial charge in [-0.05, 0) is 44.5 Å². The van der Waals surface area contributed by atoms with Crippen LogP contribution in [0.3, 0.4) is 0 Å². The lowest BCUT2D eigenvalue weighted by Gasteiger charge is -2.35. The van der Waals surface area contributed by atoms with E-state index in [1.54, 1.807) is 12.1 Å². The minimum atomic E-state index is -0.813. The summed E-state index contributed by atoms with van der Waals surface area (Å²) in [6.45, 7) is 5.25. The smallest absolute Gasteiger partial charge is 0.314 e. The summed E-state index contributed by atoms with van der Waals surface area (Å²) >= 11 is 0. The van der Waals surface area contributed by atoms with Crippen LogP contribution >= 0.6 is 0 Å². The predicted molar refractivity (Wildman–Crippen MR) is 89.2 cm³/mol. The largest absolute Gasteiger partial charge is 0.467 e. The molecule has 1 aromatic heterocycles. The average molecular weight is 323 g/mol. The minimum Gasteiger partial charge on any atom is -0.467 e. The fraction of sp³-hybridized carbons (Fsp3) is 0.706. The number of nitrogens with zero attached hydrogens (tertiary/aromatic N) is 1. The Morgan fingerprint density at radius 3 is 3.09 bits per heavy atom. The van der Waals surface area contributed by atoms with E-state index < -0.39 is 6.10 Å².